The summed E-state index contributed by atoms with van der Waals surface area (Å²) >= 11 is 0. The van der Waals surface area contributed by atoms with Crippen LogP contribution in [0, 0.1) is 11.7 Å². The summed E-state index contributed by atoms with van der Waals surface area (Å²) in [6, 6.07) is 15.9. The number of anilines is 1. The molecule has 1 amide bonds. The van der Waals surface area contributed by atoms with Gasteiger partial charge in [0, 0.05) is 6.07 Å². The van der Waals surface area contributed by atoms with Crippen LogP contribution in [0.4, 0.5) is 10.1 Å². The predicted octanol–water partition coefficient (Wildman–Crippen LogP) is 4.45. The summed E-state index contributed by atoms with van der Waals surface area (Å²) < 4.78 is 52.2. The topological polar surface area (TPSA) is 93.7 Å². The second-order valence-electron chi connectivity index (χ2n) is 7.93. The first kappa shape index (κ1) is 25.2. The standard InChI is InChI=1S/C25H27FN2O5S/c1-16(2)24(25(29)27-22-14-11-20(32-3)15-23(22)33-4)28-34(30,31)21-12-7-18(8-13-21)17-5-9-19(26)10-6-17/h5-16,24,28H,1-4H3,(H,27,29)/t24-/m0/s1. The van der Waals surface area contributed by atoms with Crippen molar-refractivity contribution in [3.63, 3.8) is 0 Å². The molecule has 3 rings (SSSR count). The van der Waals surface area contributed by atoms with Crippen molar-refractivity contribution < 1.29 is 27.1 Å². The first-order valence-corrected chi connectivity index (χ1v) is 12.0. The molecule has 0 aromatic heterocycles. The van der Waals surface area contributed by atoms with Gasteiger partial charge < -0.3 is 14.8 Å². The SMILES string of the molecule is COc1ccc(NC(=O)[C@@H](NS(=O)(=O)c2ccc(-c3ccc(F)cc3)cc2)C(C)C)c(OC)c1. The highest BCUT2D eigenvalue weighted by molar-refractivity contribution is 7.89. The van der Waals surface area contributed by atoms with Crippen LogP contribution in [0.5, 0.6) is 11.5 Å². The minimum atomic E-state index is -4.00. The molecule has 1 atom stereocenters. The summed E-state index contributed by atoms with van der Waals surface area (Å²) in [5, 5.41) is 2.73. The molecular weight excluding hydrogens is 459 g/mol. The van der Waals surface area contributed by atoms with Crippen LogP contribution in [0.3, 0.4) is 0 Å². The highest BCUT2D eigenvalue weighted by Gasteiger charge is 2.29. The van der Waals surface area contributed by atoms with Crippen LogP contribution >= 0.6 is 0 Å². The summed E-state index contributed by atoms with van der Waals surface area (Å²) in [6.07, 6.45) is 0. The Hall–Kier alpha value is -3.43. The van der Waals surface area contributed by atoms with E-state index in [-0.39, 0.29) is 16.6 Å². The molecular formula is C25H27FN2O5S. The number of halogens is 1. The third kappa shape index (κ3) is 5.92. The van der Waals surface area contributed by atoms with E-state index in [1.54, 1.807) is 56.3 Å². The largest absolute Gasteiger partial charge is 0.497 e. The first-order valence-electron chi connectivity index (χ1n) is 10.6. The molecule has 0 fully saturated rings. The van der Waals surface area contributed by atoms with Crippen molar-refractivity contribution in [3.8, 4) is 22.6 Å². The van der Waals surface area contributed by atoms with Crippen molar-refractivity contribution >= 4 is 21.6 Å². The van der Waals surface area contributed by atoms with E-state index in [0.717, 1.165) is 11.1 Å². The van der Waals surface area contributed by atoms with Gasteiger partial charge in [-0.3, -0.25) is 4.79 Å². The molecule has 0 aliphatic carbocycles. The zero-order valence-electron chi connectivity index (χ0n) is 19.3. The molecule has 0 aliphatic rings. The first-order chi connectivity index (χ1) is 16.1. The van der Waals surface area contributed by atoms with Crippen molar-refractivity contribution in [2.75, 3.05) is 19.5 Å². The van der Waals surface area contributed by atoms with Crippen LogP contribution in [0.2, 0.25) is 0 Å². The van der Waals surface area contributed by atoms with Gasteiger partial charge >= 0.3 is 0 Å². The Bertz CT molecular complexity index is 1240. The van der Waals surface area contributed by atoms with Crippen molar-refractivity contribution in [2.24, 2.45) is 5.92 Å². The fourth-order valence-electron chi connectivity index (χ4n) is 3.31. The maximum Gasteiger partial charge on any atom is 0.242 e. The number of ether oxygens (including phenoxy) is 2. The summed E-state index contributed by atoms with van der Waals surface area (Å²) in [5.41, 5.74) is 1.89. The van der Waals surface area contributed by atoms with E-state index < -0.39 is 22.0 Å². The maximum atomic E-state index is 13.2. The number of carbonyl (C=O) groups excluding carboxylic acids is 1. The van der Waals surface area contributed by atoms with E-state index in [4.69, 9.17) is 9.47 Å². The predicted molar refractivity (Wildman–Crippen MR) is 129 cm³/mol. The number of hydrogen-bond acceptors (Lipinski definition) is 5. The molecule has 2 N–H and O–H groups in total. The van der Waals surface area contributed by atoms with Gasteiger partial charge in [-0.15, -0.1) is 0 Å². The minimum Gasteiger partial charge on any atom is -0.497 e. The Balaban J connectivity index is 1.79. The number of carbonyl (C=O) groups is 1. The average molecular weight is 487 g/mol. The van der Waals surface area contributed by atoms with Gasteiger partial charge in [-0.05, 0) is 53.4 Å². The van der Waals surface area contributed by atoms with Crippen LogP contribution in [0.1, 0.15) is 13.8 Å². The smallest absolute Gasteiger partial charge is 0.242 e. The maximum absolute atomic E-state index is 13.2. The Kier molecular flexibility index (Phi) is 7.90. The van der Waals surface area contributed by atoms with Crippen LogP contribution in [-0.2, 0) is 14.8 Å². The molecule has 0 saturated heterocycles. The number of nitrogens with one attached hydrogen (secondary N) is 2. The van der Waals surface area contributed by atoms with Gasteiger partial charge in [0.15, 0.2) is 0 Å². The number of sulfonamides is 1. The lowest BCUT2D eigenvalue weighted by Crippen LogP contribution is -2.47. The van der Waals surface area contributed by atoms with Crippen LogP contribution in [0.25, 0.3) is 11.1 Å². The van der Waals surface area contributed by atoms with Gasteiger partial charge in [0.25, 0.3) is 0 Å². The number of hydrogen-bond donors (Lipinski definition) is 2. The van der Waals surface area contributed by atoms with Crippen LogP contribution in [0.15, 0.2) is 71.6 Å². The second kappa shape index (κ2) is 10.7. The van der Waals surface area contributed by atoms with Gasteiger partial charge in [-0.25, -0.2) is 12.8 Å². The van der Waals surface area contributed by atoms with Gasteiger partial charge in [0.1, 0.15) is 23.4 Å². The van der Waals surface area contributed by atoms with Gasteiger partial charge in [0.2, 0.25) is 15.9 Å². The number of methoxy groups -OCH3 is 2. The normalized spacial score (nSPS) is 12.3. The van der Waals surface area contributed by atoms with E-state index in [1.807, 2.05) is 0 Å². The van der Waals surface area contributed by atoms with E-state index in [0.29, 0.717) is 17.2 Å². The van der Waals surface area contributed by atoms with Gasteiger partial charge in [-0.1, -0.05) is 38.1 Å². The third-order valence-electron chi connectivity index (χ3n) is 5.24. The highest BCUT2D eigenvalue weighted by atomic mass is 32.2. The molecule has 0 radical (unpaired) electrons. The minimum absolute atomic E-state index is 0.0128. The van der Waals surface area contributed by atoms with Gasteiger partial charge in [-0.2, -0.15) is 4.72 Å². The molecule has 34 heavy (non-hydrogen) atoms. The average Bonchev–Trinajstić information content (AvgIpc) is 2.83. The van der Waals surface area contributed by atoms with Crippen molar-refractivity contribution in [3.05, 3.63) is 72.5 Å². The van der Waals surface area contributed by atoms with E-state index in [2.05, 4.69) is 10.0 Å². The fraction of sp³-hybridized carbons (Fsp3) is 0.240. The highest BCUT2D eigenvalue weighted by Crippen LogP contribution is 2.29. The van der Waals surface area contributed by atoms with Gasteiger partial charge in [0.05, 0.1) is 24.8 Å². The molecule has 0 unspecified atom stereocenters. The van der Waals surface area contributed by atoms with Crippen molar-refractivity contribution in [1.29, 1.82) is 0 Å². The summed E-state index contributed by atoms with van der Waals surface area (Å²) in [7, 11) is -1.02. The zero-order chi connectivity index (χ0) is 24.9. The Morgan fingerprint density at radius 2 is 1.47 bits per heavy atom. The molecule has 0 aliphatic heterocycles. The summed E-state index contributed by atoms with van der Waals surface area (Å²) in [6.45, 7) is 3.49. The van der Waals surface area contributed by atoms with E-state index in [1.165, 1.54) is 38.5 Å². The van der Waals surface area contributed by atoms with Crippen molar-refractivity contribution in [2.45, 2.75) is 24.8 Å². The van der Waals surface area contributed by atoms with E-state index in [9.17, 15) is 17.6 Å². The lowest BCUT2D eigenvalue weighted by molar-refractivity contribution is -0.118. The fourth-order valence-corrected chi connectivity index (χ4v) is 4.65. The molecule has 3 aromatic carbocycles. The number of amides is 1. The molecule has 0 spiro atoms. The lowest BCUT2D eigenvalue weighted by Gasteiger charge is -2.22. The molecule has 7 nitrogen and oxygen atoms in total. The Morgan fingerprint density at radius 1 is 0.882 bits per heavy atom. The van der Waals surface area contributed by atoms with Crippen molar-refractivity contribution in [1.82, 2.24) is 4.72 Å². The molecule has 9 heteroatoms. The second-order valence-corrected chi connectivity index (χ2v) is 9.64. The monoisotopic (exact) mass is 486 g/mol. The van der Waals surface area contributed by atoms with E-state index >= 15 is 0 Å². The zero-order valence-corrected chi connectivity index (χ0v) is 20.1. The molecule has 180 valence electrons. The third-order valence-corrected chi connectivity index (χ3v) is 6.70. The summed E-state index contributed by atoms with van der Waals surface area (Å²) in [4.78, 5) is 13.0. The number of rotatable bonds is 9. The molecule has 0 saturated carbocycles. The molecule has 0 heterocycles. The number of benzene rings is 3. The molecule has 0 bridgehead atoms. The summed E-state index contributed by atoms with van der Waals surface area (Å²) in [5.74, 6) is -0.269. The Morgan fingerprint density at radius 3 is 2.00 bits per heavy atom. The quantitative estimate of drug-likeness (QED) is 0.466. The molecule has 3 aromatic rings. The Labute approximate surface area is 199 Å². The lowest BCUT2D eigenvalue weighted by atomic mass is 10.0. The van der Waals surface area contributed by atoms with Crippen LogP contribution < -0.4 is 19.5 Å². The van der Waals surface area contributed by atoms with Crippen LogP contribution in [-0.4, -0.2) is 34.6 Å².